The lowest BCUT2D eigenvalue weighted by atomic mass is 10.1. The molecule has 0 aliphatic heterocycles. The molecule has 2 N–H and O–H groups in total. The summed E-state index contributed by atoms with van der Waals surface area (Å²) in [7, 11) is 3.54. The second-order valence-corrected chi connectivity index (χ2v) is 4.59. The molecule has 0 unspecified atom stereocenters. The zero-order valence-corrected chi connectivity index (χ0v) is 11.2. The fourth-order valence-corrected chi connectivity index (χ4v) is 2.06. The van der Waals surface area contributed by atoms with Crippen LogP contribution >= 0.6 is 11.6 Å². The highest BCUT2D eigenvalue weighted by molar-refractivity contribution is 6.30. The first-order chi connectivity index (χ1) is 8.60. The van der Waals surface area contributed by atoms with Gasteiger partial charge in [0.2, 0.25) is 0 Å². The van der Waals surface area contributed by atoms with Crippen LogP contribution in [0, 0.1) is 0 Å². The van der Waals surface area contributed by atoms with Crippen molar-refractivity contribution in [1.29, 1.82) is 0 Å². The predicted octanol–water partition coefficient (Wildman–Crippen LogP) is 2.45. The number of rotatable bonds is 4. The van der Waals surface area contributed by atoms with Crippen LogP contribution < -0.4 is 10.5 Å². The minimum absolute atomic E-state index is 0.531. The van der Waals surface area contributed by atoms with E-state index in [0.717, 1.165) is 29.8 Å². The number of nitrogens with zero attached hydrogens (tertiary/aromatic N) is 2. The first-order valence-electron chi connectivity index (χ1n) is 5.70. The smallest absolute Gasteiger partial charge is 0.200 e. The fraction of sp³-hybridized carbons (Fsp3) is 0.308. The summed E-state index contributed by atoms with van der Waals surface area (Å²) in [6, 6.07) is 5.62. The molecule has 0 saturated heterocycles. The molecule has 0 aliphatic rings. The van der Waals surface area contributed by atoms with Gasteiger partial charge in [0.05, 0.1) is 12.8 Å². The van der Waals surface area contributed by atoms with E-state index in [0.29, 0.717) is 11.0 Å². The molecule has 0 radical (unpaired) electrons. The summed E-state index contributed by atoms with van der Waals surface area (Å²) >= 11 is 5.99. The van der Waals surface area contributed by atoms with E-state index in [4.69, 9.17) is 22.1 Å². The van der Waals surface area contributed by atoms with Gasteiger partial charge in [0.15, 0.2) is 5.95 Å². The minimum Gasteiger partial charge on any atom is -0.496 e. The van der Waals surface area contributed by atoms with E-state index in [2.05, 4.69) is 4.98 Å². The molecule has 1 heterocycles. The Morgan fingerprint density at radius 1 is 1.39 bits per heavy atom. The highest BCUT2D eigenvalue weighted by atomic mass is 35.5. The number of anilines is 1. The molecule has 5 heteroatoms. The number of hydrogen-bond donors (Lipinski definition) is 1. The predicted molar refractivity (Wildman–Crippen MR) is 73.0 cm³/mol. The van der Waals surface area contributed by atoms with Crippen LogP contribution in [0.5, 0.6) is 5.75 Å². The van der Waals surface area contributed by atoms with Gasteiger partial charge in [-0.05, 0) is 36.6 Å². The van der Waals surface area contributed by atoms with E-state index in [1.54, 1.807) is 7.11 Å². The van der Waals surface area contributed by atoms with Crippen molar-refractivity contribution < 1.29 is 4.74 Å². The van der Waals surface area contributed by atoms with Gasteiger partial charge in [-0.15, -0.1) is 0 Å². The van der Waals surface area contributed by atoms with Gasteiger partial charge in [-0.1, -0.05) is 11.6 Å². The van der Waals surface area contributed by atoms with Crippen LogP contribution in [0.1, 0.15) is 11.3 Å². The normalized spacial score (nSPS) is 10.6. The van der Waals surface area contributed by atoms with Crippen molar-refractivity contribution in [3.63, 3.8) is 0 Å². The van der Waals surface area contributed by atoms with Crippen molar-refractivity contribution in [2.45, 2.75) is 12.8 Å². The third-order valence-corrected chi connectivity index (χ3v) is 3.09. The summed E-state index contributed by atoms with van der Waals surface area (Å²) in [6.45, 7) is 0. The molecule has 1 aromatic carbocycles. The average Bonchev–Trinajstić information content (AvgIpc) is 2.66. The molecule has 96 valence electrons. The van der Waals surface area contributed by atoms with Crippen molar-refractivity contribution >= 4 is 17.5 Å². The second-order valence-electron chi connectivity index (χ2n) is 4.16. The largest absolute Gasteiger partial charge is 0.496 e. The Balaban J connectivity index is 2.12. The molecular weight excluding hydrogens is 250 g/mol. The number of aromatic nitrogens is 2. The monoisotopic (exact) mass is 265 g/mol. The zero-order valence-electron chi connectivity index (χ0n) is 10.5. The third-order valence-electron chi connectivity index (χ3n) is 2.86. The Morgan fingerprint density at radius 3 is 2.78 bits per heavy atom. The van der Waals surface area contributed by atoms with Crippen LogP contribution in [0.3, 0.4) is 0 Å². The SMILES string of the molecule is COc1ccc(Cl)cc1CCc1cn(C)c(N)n1. The molecule has 2 aromatic rings. The van der Waals surface area contributed by atoms with Crippen molar-refractivity contribution in [3.8, 4) is 5.75 Å². The Morgan fingerprint density at radius 2 is 2.17 bits per heavy atom. The maximum Gasteiger partial charge on any atom is 0.200 e. The fourth-order valence-electron chi connectivity index (χ4n) is 1.87. The van der Waals surface area contributed by atoms with Crippen molar-refractivity contribution in [2.24, 2.45) is 7.05 Å². The van der Waals surface area contributed by atoms with Crippen LogP contribution in [0.2, 0.25) is 5.02 Å². The summed E-state index contributed by atoms with van der Waals surface area (Å²) in [5.41, 5.74) is 7.74. The lowest BCUT2D eigenvalue weighted by Crippen LogP contribution is -1.96. The van der Waals surface area contributed by atoms with Crippen molar-refractivity contribution in [3.05, 3.63) is 40.7 Å². The first kappa shape index (κ1) is 12.8. The summed E-state index contributed by atoms with van der Waals surface area (Å²) in [6.07, 6.45) is 3.56. The summed E-state index contributed by atoms with van der Waals surface area (Å²) in [5, 5.41) is 0.714. The van der Waals surface area contributed by atoms with Gasteiger partial charge < -0.3 is 15.0 Å². The zero-order chi connectivity index (χ0) is 13.1. The van der Waals surface area contributed by atoms with E-state index in [1.807, 2.05) is 36.0 Å². The molecule has 0 fully saturated rings. The summed E-state index contributed by atoms with van der Waals surface area (Å²) in [5.74, 6) is 1.38. The minimum atomic E-state index is 0.531. The van der Waals surface area contributed by atoms with Crippen LogP contribution in [0.25, 0.3) is 0 Å². The van der Waals surface area contributed by atoms with Crippen molar-refractivity contribution in [2.75, 3.05) is 12.8 Å². The topological polar surface area (TPSA) is 53.1 Å². The van der Waals surface area contributed by atoms with Gasteiger partial charge in [-0.3, -0.25) is 0 Å². The van der Waals surface area contributed by atoms with Gasteiger partial charge in [0.25, 0.3) is 0 Å². The van der Waals surface area contributed by atoms with E-state index < -0.39 is 0 Å². The van der Waals surface area contributed by atoms with Gasteiger partial charge in [-0.2, -0.15) is 0 Å². The molecule has 0 bridgehead atoms. The number of imidazole rings is 1. The molecular formula is C13H16ClN3O. The summed E-state index contributed by atoms with van der Waals surface area (Å²) < 4.78 is 7.12. The van der Waals surface area contributed by atoms with E-state index in [9.17, 15) is 0 Å². The number of ether oxygens (including phenoxy) is 1. The van der Waals surface area contributed by atoms with Gasteiger partial charge in [0, 0.05) is 18.3 Å². The molecule has 0 saturated carbocycles. The van der Waals surface area contributed by atoms with Gasteiger partial charge in [0.1, 0.15) is 5.75 Å². The second kappa shape index (κ2) is 5.31. The Bertz CT molecular complexity index is 532. The first-order valence-corrected chi connectivity index (χ1v) is 6.08. The number of aryl methyl sites for hydroxylation is 3. The van der Waals surface area contributed by atoms with E-state index in [-0.39, 0.29) is 0 Å². The standard InChI is InChI=1S/C13H16ClN3O/c1-17-8-11(16-13(17)15)5-3-9-7-10(14)4-6-12(9)18-2/h4,6-8H,3,5H2,1-2H3,(H2,15,16). The molecule has 0 atom stereocenters. The number of halogens is 1. The van der Waals surface area contributed by atoms with Crippen LogP contribution in [0.4, 0.5) is 5.95 Å². The Hall–Kier alpha value is -1.68. The highest BCUT2D eigenvalue weighted by Crippen LogP contribution is 2.24. The third kappa shape index (κ3) is 2.76. The molecule has 4 nitrogen and oxygen atoms in total. The van der Waals surface area contributed by atoms with Gasteiger partial charge >= 0.3 is 0 Å². The van der Waals surface area contributed by atoms with Crippen LogP contribution in [-0.4, -0.2) is 16.7 Å². The Kier molecular flexibility index (Phi) is 3.77. The maximum absolute atomic E-state index is 5.99. The Labute approximate surface area is 111 Å². The average molecular weight is 266 g/mol. The molecule has 1 aromatic heterocycles. The molecule has 0 amide bonds. The highest BCUT2D eigenvalue weighted by Gasteiger charge is 2.07. The molecule has 0 aliphatic carbocycles. The maximum atomic E-state index is 5.99. The molecule has 2 rings (SSSR count). The molecule has 18 heavy (non-hydrogen) atoms. The lowest BCUT2D eigenvalue weighted by molar-refractivity contribution is 0.409. The lowest BCUT2D eigenvalue weighted by Gasteiger charge is -2.07. The quantitative estimate of drug-likeness (QED) is 0.924. The number of benzene rings is 1. The number of nitrogen functional groups attached to an aromatic ring is 1. The van der Waals surface area contributed by atoms with Gasteiger partial charge in [-0.25, -0.2) is 4.98 Å². The van der Waals surface area contributed by atoms with E-state index >= 15 is 0 Å². The van der Waals surface area contributed by atoms with Crippen LogP contribution in [0.15, 0.2) is 24.4 Å². The van der Waals surface area contributed by atoms with Crippen LogP contribution in [-0.2, 0) is 19.9 Å². The number of methoxy groups -OCH3 is 1. The molecule has 0 spiro atoms. The van der Waals surface area contributed by atoms with E-state index in [1.165, 1.54) is 0 Å². The summed E-state index contributed by atoms with van der Waals surface area (Å²) in [4.78, 5) is 4.27. The number of nitrogens with two attached hydrogens (primary N) is 1. The number of hydrogen-bond acceptors (Lipinski definition) is 3. The van der Waals surface area contributed by atoms with Crippen molar-refractivity contribution in [1.82, 2.24) is 9.55 Å².